The maximum atomic E-state index is 9.83. The first kappa shape index (κ1) is 8.08. The largest absolute Gasteiger partial charge is 0.377 e. The molecule has 2 nitrogen and oxygen atoms in total. The third kappa shape index (κ3) is 2.60. The summed E-state index contributed by atoms with van der Waals surface area (Å²) >= 11 is 5.64. The van der Waals surface area contributed by atoms with Gasteiger partial charge in [-0.05, 0) is 24.3 Å². The van der Waals surface area contributed by atoms with E-state index >= 15 is 0 Å². The van der Waals surface area contributed by atoms with Gasteiger partial charge in [0, 0.05) is 10.7 Å². The second-order valence-corrected chi connectivity index (χ2v) is 2.44. The van der Waals surface area contributed by atoms with Crippen LogP contribution in [-0.2, 0) is 4.79 Å². The molecule has 1 aromatic carbocycles. The van der Waals surface area contributed by atoms with Gasteiger partial charge in [-0.15, -0.1) is 0 Å². The summed E-state index contributed by atoms with van der Waals surface area (Å²) in [6.07, 6.45) is 1.74. The second kappa shape index (κ2) is 3.98. The van der Waals surface area contributed by atoms with Gasteiger partial charge in [-0.3, -0.25) is 4.79 Å². The van der Waals surface area contributed by atoms with Crippen LogP contribution >= 0.6 is 11.6 Å². The van der Waals surface area contributed by atoms with Gasteiger partial charge in [0.05, 0.1) is 6.54 Å². The van der Waals surface area contributed by atoms with E-state index in [0.717, 1.165) is 5.69 Å². The molecule has 57 valence electrons. The fourth-order valence-corrected chi connectivity index (χ4v) is 0.832. The van der Waals surface area contributed by atoms with Crippen molar-refractivity contribution >= 4 is 23.6 Å². The van der Waals surface area contributed by atoms with Gasteiger partial charge in [-0.1, -0.05) is 11.6 Å². The number of nitrogens with one attached hydrogen (secondary N) is 1. The Morgan fingerprint density at radius 3 is 2.55 bits per heavy atom. The lowest BCUT2D eigenvalue weighted by Gasteiger charge is -1.99. The van der Waals surface area contributed by atoms with E-state index in [4.69, 9.17) is 11.6 Å². The van der Waals surface area contributed by atoms with Crippen LogP contribution in [0.25, 0.3) is 0 Å². The van der Waals surface area contributed by atoms with Gasteiger partial charge in [0.25, 0.3) is 0 Å². The summed E-state index contributed by atoms with van der Waals surface area (Å²) in [7, 11) is 0. The van der Waals surface area contributed by atoms with Gasteiger partial charge < -0.3 is 5.32 Å². The quantitative estimate of drug-likeness (QED) is 0.747. The van der Waals surface area contributed by atoms with Crippen LogP contribution in [0.1, 0.15) is 0 Å². The molecule has 3 heteroatoms. The molecule has 0 fully saturated rings. The number of hydrogen-bond donors (Lipinski definition) is 1. The van der Waals surface area contributed by atoms with Crippen LogP contribution in [0.4, 0.5) is 5.69 Å². The summed E-state index contributed by atoms with van der Waals surface area (Å²) in [5, 5.41) is 3.53. The number of hydrogen-bond acceptors (Lipinski definition) is 2. The summed E-state index contributed by atoms with van der Waals surface area (Å²) < 4.78 is 0. The molecular formula is C8H7ClNO. The van der Waals surface area contributed by atoms with Crippen molar-refractivity contribution in [2.75, 3.05) is 11.9 Å². The molecule has 0 saturated heterocycles. The molecule has 0 spiro atoms. The molecule has 0 aromatic heterocycles. The lowest BCUT2D eigenvalue weighted by molar-refractivity contribution is 0.557. The Hall–Kier alpha value is -1.02. The van der Waals surface area contributed by atoms with E-state index in [1.807, 2.05) is 0 Å². The maximum Gasteiger partial charge on any atom is 0.219 e. The van der Waals surface area contributed by atoms with Gasteiger partial charge in [0.2, 0.25) is 6.29 Å². The smallest absolute Gasteiger partial charge is 0.219 e. The molecule has 1 N–H and O–H groups in total. The van der Waals surface area contributed by atoms with Gasteiger partial charge in [-0.2, -0.15) is 0 Å². The summed E-state index contributed by atoms with van der Waals surface area (Å²) in [5.74, 6) is 0. The van der Waals surface area contributed by atoms with E-state index in [1.54, 1.807) is 30.6 Å². The summed E-state index contributed by atoms with van der Waals surface area (Å²) in [4.78, 5) is 9.83. The van der Waals surface area contributed by atoms with Crippen molar-refractivity contribution in [2.45, 2.75) is 0 Å². The third-order valence-corrected chi connectivity index (χ3v) is 1.46. The van der Waals surface area contributed by atoms with Gasteiger partial charge in [-0.25, -0.2) is 0 Å². The number of halogens is 1. The average Bonchev–Trinajstić information content (AvgIpc) is 2.04. The average molecular weight is 169 g/mol. The van der Waals surface area contributed by atoms with Crippen LogP contribution in [0.2, 0.25) is 5.02 Å². The predicted octanol–water partition coefficient (Wildman–Crippen LogP) is 1.86. The fraction of sp³-hybridized carbons (Fsp3) is 0.125. The van der Waals surface area contributed by atoms with Crippen LogP contribution in [0.5, 0.6) is 0 Å². The van der Waals surface area contributed by atoms with Crippen molar-refractivity contribution in [3.8, 4) is 0 Å². The molecule has 1 rings (SSSR count). The number of benzene rings is 1. The lowest BCUT2D eigenvalue weighted by Crippen LogP contribution is -2.00. The van der Waals surface area contributed by atoms with E-state index < -0.39 is 0 Å². The Labute approximate surface area is 70.2 Å². The first-order valence-electron chi connectivity index (χ1n) is 3.17. The fourth-order valence-electron chi connectivity index (χ4n) is 0.706. The molecule has 0 amide bonds. The maximum absolute atomic E-state index is 9.83. The highest BCUT2D eigenvalue weighted by molar-refractivity contribution is 6.30. The van der Waals surface area contributed by atoms with E-state index in [-0.39, 0.29) is 6.54 Å². The zero-order chi connectivity index (χ0) is 8.10. The van der Waals surface area contributed by atoms with Crippen molar-refractivity contribution in [3.63, 3.8) is 0 Å². The monoisotopic (exact) mass is 168 g/mol. The van der Waals surface area contributed by atoms with Crippen molar-refractivity contribution in [1.82, 2.24) is 0 Å². The van der Waals surface area contributed by atoms with Crippen molar-refractivity contribution in [1.29, 1.82) is 0 Å². The molecule has 0 aliphatic heterocycles. The summed E-state index contributed by atoms with van der Waals surface area (Å²) in [6, 6.07) is 7.13. The second-order valence-electron chi connectivity index (χ2n) is 2.00. The highest BCUT2D eigenvalue weighted by Gasteiger charge is 1.89. The minimum absolute atomic E-state index is 0.210. The molecule has 0 aliphatic rings. The van der Waals surface area contributed by atoms with Crippen LogP contribution in [0, 0.1) is 0 Å². The Balaban J connectivity index is 2.58. The minimum atomic E-state index is 0.210. The minimum Gasteiger partial charge on any atom is -0.377 e. The first-order valence-corrected chi connectivity index (χ1v) is 3.55. The van der Waals surface area contributed by atoms with E-state index in [1.165, 1.54) is 0 Å². The molecule has 0 aliphatic carbocycles. The Morgan fingerprint density at radius 1 is 1.36 bits per heavy atom. The van der Waals surface area contributed by atoms with Crippen molar-refractivity contribution in [2.24, 2.45) is 0 Å². The number of anilines is 1. The zero-order valence-corrected chi connectivity index (χ0v) is 6.56. The Morgan fingerprint density at radius 2 is 2.00 bits per heavy atom. The molecule has 1 aromatic rings. The SMILES string of the molecule is O=[C]CNc1ccc(Cl)cc1. The first-order chi connectivity index (χ1) is 5.33. The molecule has 0 unspecified atom stereocenters. The molecule has 11 heavy (non-hydrogen) atoms. The highest BCUT2D eigenvalue weighted by atomic mass is 35.5. The van der Waals surface area contributed by atoms with Gasteiger partial charge in [0.15, 0.2) is 0 Å². The van der Waals surface area contributed by atoms with Crippen molar-refractivity contribution in [3.05, 3.63) is 29.3 Å². The third-order valence-electron chi connectivity index (χ3n) is 1.21. The molecule has 0 heterocycles. The molecule has 1 radical (unpaired) electrons. The molecule has 0 atom stereocenters. The highest BCUT2D eigenvalue weighted by Crippen LogP contribution is 2.12. The topological polar surface area (TPSA) is 29.1 Å². The summed E-state index contributed by atoms with van der Waals surface area (Å²) in [5.41, 5.74) is 0.873. The van der Waals surface area contributed by atoms with Crippen molar-refractivity contribution < 1.29 is 4.79 Å². The van der Waals surface area contributed by atoms with Gasteiger partial charge in [0.1, 0.15) is 0 Å². The van der Waals surface area contributed by atoms with E-state index in [2.05, 4.69) is 5.32 Å². The molecule has 0 bridgehead atoms. The Bertz CT molecular complexity index is 232. The normalized spacial score (nSPS) is 9.18. The van der Waals surface area contributed by atoms with E-state index in [9.17, 15) is 4.79 Å². The zero-order valence-electron chi connectivity index (χ0n) is 5.80. The summed E-state index contributed by atoms with van der Waals surface area (Å²) in [6.45, 7) is 0.210. The van der Waals surface area contributed by atoms with Crippen LogP contribution in [0.3, 0.4) is 0 Å². The standard InChI is InChI=1S/C8H7ClNO/c9-7-1-3-8(4-2-7)10-5-6-11/h1-4,10H,5H2. The Kier molecular flexibility index (Phi) is 2.93. The van der Waals surface area contributed by atoms with E-state index in [0.29, 0.717) is 5.02 Å². The molecule has 0 saturated carbocycles. The number of carbonyl (C=O) groups excluding carboxylic acids is 1. The van der Waals surface area contributed by atoms with Gasteiger partial charge >= 0.3 is 0 Å². The predicted molar refractivity (Wildman–Crippen MR) is 45.6 cm³/mol. The molecular weight excluding hydrogens is 162 g/mol. The van der Waals surface area contributed by atoms with Crippen LogP contribution in [0.15, 0.2) is 24.3 Å². The van der Waals surface area contributed by atoms with Crippen LogP contribution < -0.4 is 5.32 Å². The van der Waals surface area contributed by atoms with Crippen LogP contribution in [-0.4, -0.2) is 12.8 Å². The number of rotatable bonds is 3. The lowest BCUT2D eigenvalue weighted by atomic mass is 10.3.